The average molecular weight is 701 g/mol. The van der Waals surface area contributed by atoms with E-state index in [4.69, 9.17) is 9.39 Å². The minimum absolute atomic E-state index is 0.0339. The molecule has 0 aromatic rings. The average Bonchev–Trinajstić information content (AvgIpc) is 3.49. The predicted octanol–water partition coefficient (Wildman–Crippen LogP) is -1.43. The molecule has 2 aliphatic heterocycles. The van der Waals surface area contributed by atoms with E-state index in [1.54, 1.807) is 11.9 Å². The Morgan fingerprint density at radius 2 is 1.50 bits per heavy atom. The zero-order valence-electron chi connectivity index (χ0n) is 26.9. The Morgan fingerprint density at radius 3 is 2.15 bits per heavy atom. The van der Waals surface area contributed by atoms with Crippen LogP contribution in [0.25, 0.3) is 0 Å². The highest BCUT2D eigenvalue weighted by molar-refractivity contribution is 7.85. The van der Waals surface area contributed by atoms with Crippen molar-refractivity contribution < 1.29 is 56.2 Å². The van der Waals surface area contributed by atoms with E-state index >= 15 is 0 Å². The molecule has 18 nitrogen and oxygen atoms in total. The van der Waals surface area contributed by atoms with Gasteiger partial charge in [0.25, 0.3) is 33.7 Å². The number of unbranched alkanes of at least 4 members (excludes halogenated alkanes) is 1. The minimum Gasteiger partial charge on any atom is -0.356 e. The molecule has 0 aliphatic carbocycles. The fourth-order valence-corrected chi connectivity index (χ4v) is 5.19. The third-order valence-electron chi connectivity index (χ3n) is 7.30. The molecule has 1 atom stereocenters. The summed E-state index contributed by atoms with van der Waals surface area (Å²) in [5.74, 6) is -4.54. The Bertz CT molecular complexity index is 1320. The summed E-state index contributed by atoms with van der Waals surface area (Å²) in [6.07, 6.45) is 3.68. The Labute approximate surface area is 278 Å². The van der Waals surface area contributed by atoms with Crippen molar-refractivity contribution in [1.29, 1.82) is 0 Å². The fraction of sp³-hybridized carbons (Fsp3) is 0.655. The van der Waals surface area contributed by atoms with Gasteiger partial charge in [0.05, 0.1) is 5.75 Å². The van der Waals surface area contributed by atoms with E-state index < -0.39 is 57.6 Å². The molecule has 2 heterocycles. The predicted molar refractivity (Wildman–Crippen MR) is 166 cm³/mol. The van der Waals surface area contributed by atoms with Crippen molar-refractivity contribution in [1.82, 2.24) is 30.8 Å². The first kappa shape index (κ1) is 39.9. The summed E-state index contributed by atoms with van der Waals surface area (Å²) in [5.41, 5.74) is 0. The van der Waals surface area contributed by atoms with Gasteiger partial charge in [-0.15, -0.1) is 5.06 Å². The van der Waals surface area contributed by atoms with Gasteiger partial charge in [-0.25, -0.2) is 4.79 Å². The number of amides is 7. The van der Waals surface area contributed by atoms with Crippen molar-refractivity contribution in [3.8, 4) is 0 Å². The molecule has 0 radical (unpaired) electrons. The SMILES string of the molecule is CN(CCCS(=O)(=O)O)CCNC(=O)C(CCCCNC(=O)CCCN1C(=O)C=CC1=O)NC(=O)CCCC(=O)ON1C(=O)CCC1=O. The number of carbonyl (C=O) groups is 8. The number of hydroxylamine groups is 2. The molecule has 48 heavy (non-hydrogen) atoms. The molecule has 1 saturated heterocycles. The number of hydrogen-bond donors (Lipinski definition) is 4. The normalized spacial score (nSPS) is 15.3. The third-order valence-corrected chi connectivity index (χ3v) is 8.10. The molecular weight excluding hydrogens is 656 g/mol. The lowest BCUT2D eigenvalue weighted by atomic mass is 10.1. The molecule has 2 rings (SSSR count). The number of nitrogens with one attached hydrogen (secondary N) is 3. The number of hydrogen-bond acceptors (Lipinski definition) is 12. The van der Waals surface area contributed by atoms with Gasteiger partial charge in [-0.1, -0.05) is 0 Å². The van der Waals surface area contributed by atoms with Crippen molar-refractivity contribution in [3.63, 3.8) is 0 Å². The van der Waals surface area contributed by atoms with Crippen molar-refractivity contribution in [3.05, 3.63) is 12.2 Å². The molecule has 0 spiro atoms. The van der Waals surface area contributed by atoms with Crippen LogP contribution in [-0.2, 0) is 53.3 Å². The summed E-state index contributed by atoms with van der Waals surface area (Å²) in [4.78, 5) is 104. The number of rotatable bonds is 23. The molecule has 0 saturated carbocycles. The topological polar surface area (TPSA) is 246 Å². The number of carbonyl (C=O) groups excluding carboxylic acids is 8. The monoisotopic (exact) mass is 700 g/mol. The Morgan fingerprint density at radius 1 is 0.854 bits per heavy atom. The van der Waals surface area contributed by atoms with Gasteiger partial charge >= 0.3 is 5.97 Å². The van der Waals surface area contributed by atoms with Crippen molar-refractivity contribution in [2.24, 2.45) is 0 Å². The lowest BCUT2D eigenvalue weighted by Gasteiger charge is -2.21. The molecule has 19 heteroatoms. The number of likely N-dealkylation sites (N-methyl/N-ethyl adjacent to an activating group) is 1. The van der Waals surface area contributed by atoms with Crippen LogP contribution >= 0.6 is 0 Å². The van der Waals surface area contributed by atoms with Crippen LogP contribution in [0, 0.1) is 0 Å². The molecule has 0 aromatic heterocycles. The highest BCUT2D eigenvalue weighted by atomic mass is 32.2. The zero-order valence-corrected chi connectivity index (χ0v) is 27.8. The van der Waals surface area contributed by atoms with Crippen LogP contribution in [0.3, 0.4) is 0 Å². The van der Waals surface area contributed by atoms with Crippen LogP contribution in [0.15, 0.2) is 12.2 Å². The maximum Gasteiger partial charge on any atom is 0.333 e. The fourth-order valence-electron chi connectivity index (χ4n) is 4.69. The Hall–Kier alpha value is -4.23. The summed E-state index contributed by atoms with van der Waals surface area (Å²) < 4.78 is 30.6. The van der Waals surface area contributed by atoms with Gasteiger partial charge in [0.1, 0.15) is 6.04 Å². The number of nitrogens with zero attached hydrogens (tertiary/aromatic N) is 3. The summed E-state index contributed by atoms with van der Waals surface area (Å²) in [6.45, 7) is 1.34. The van der Waals surface area contributed by atoms with Crippen LogP contribution in [0.5, 0.6) is 0 Å². The van der Waals surface area contributed by atoms with Crippen molar-refractivity contribution in [2.45, 2.75) is 76.7 Å². The van der Waals surface area contributed by atoms with E-state index in [1.807, 2.05) is 0 Å². The van der Waals surface area contributed by atoms with Crippen LogP contribution in [0.1, 0.15) is 70.6 Å². The van der Waals surface area contributed by atoms with Crippen LogP contribution in [0.2, 0.25) is 0 Å². The van der Waals surface area contributed by atoms with E-state index in [0.29, 0.717) is 44.0 Å². The lowest BCUT2D eigenvalue weighted by molar-refractivity contribution is -0.197. The van der Waals surface area contributed by atoms with Gasteiger partial charge < -0.3 is 25.7 Å². The summed E-state index contributed by atoms with van der Waals surface area (Å²) >= 11 is 0. The van der Waals surface area contributed by atoms with E-state index in [1.165, 1.54) is 12.2 Å². The maximum absolute atomic E-state index is 13.0. The quantitative estimate of drug-likeness (QED) is 0.0543. The first-order chi connectivity index (χ1) is 22.7. The van der Waals surface area contributed by atoms with E-state index in [0.717, 1.165) is 4.90 Å². The molecule has 0 aromatic carbocycles. The van der Waals surface area contributed by atoms with E-state index in [9.17, 15) is 46.8 Å². The molecule has 7 amide bonds. The van der Waals surface area contributed by atoms with E-state index in [2.05, 4.69) is 16.0 Å². The molecular formula is C29H44N6O12S. The zero-order chi connectivity index (χ0) is 35.7. The summed E-state index contributed by atoms with van der Waals surface area (Å²) in [5, 5.41) is 8.54. The standard InChI is InChI=1S/C29H44N6O12S/c1-33(17-6-20-48(44,45)46)19-16-31-29(43)21(32-23(37)8-4-10-28(42)47-35-26(40)13-14-27(35)41)7-2-3-15-30-22(36)9-5-18-34-24(38)11-12-25(34)39/h11-12,21H,2-10,13-20H2,1H3,(H,30,36)(H,31,43)(H,32,37)(H,44,45,46). The second-order valence-corrected chi connectivity index (χ2v) is 12.9. The first-order valence-electron chi connectivity index (χ1n) is 15.7. The molecule has 2 aliphatic rings. The highest BCUT2D eigenvalue weighted by Gasteiger charge is 2.32. The minimum atomic E-state index is -4.07. The number of imide groups is 2. The lowest BCUT2D eigenvalue weighted by Crippen LogP contribution is -2.48. The van der Waals surface area contributed by atoms with Gasteiger partial charge in [-0.05, 0) is 52.1 Å². The molecule has 1 unspecified atom stereocenters. The molecule has 1 fully saturated rings. The Balaban J connectivity index is 1.76. The second kappa shape index (κ2) is 20.2. The highest BCUT2D eigenvalue weighted by Crippen LogP contribution is 2.13. The van der Waals surface area contributed by atoms with Gasteiger partial charge in [0.2, 0.25) is 17.7 Å². The summed E-state index contributed by atoms with van der Waals surface area (Å²) in [6, 6.07) is -0.936. The molecule has 268 valence electrons. The second-order valence-electron chi connectivity index (χ2n) is 11.4. The molecule has 4 N–H and O–H groups in total. The van der Waals surface area contributed by atoms with Crippen molar-refractivity contribution in [2.75, 3.05) is 45.5 Å². The largest absolute Gasteiger partial charge is 0.356 e. The van der Waals surface area contributed by atoms with Gasteiger partial charge in [-0.2, -0.15) is 8.42 Å². The van der Waals surface area contributed by atoms with Gasteiger partial charge in [0, 0.05) is 70.4 Å². The maximum atomic E-state index is 13.0. The van der Waals surface area contributed by atoms with Crippen LogP contribution < -0.4 is 16.0 Å². The third kappa shape index (κ3) is 15.6. The van der Waals surface area contributed by atoms with Crippen LogP contribution in [-0.4, -0.2) is 127 Å². The van der Waals surface area contributed by atoms with Crippen LogP contribution in [0.4, 0.5) is 0 Å². The first-order valence-corrected chi connectivity index (χ1v) is 17.3. The van der Waals surface area contributed by atoms with E-state index in [-0.39, 0.29) is 76.1 Å². The Kier molecular flexibility index (Phi) is 16.8. The van der Waals surface area contributed by atoms with Gasteiger partial charge in [0.15, 0.2) is 0 Å². The van der Waals surface area contributed by atoms with Gasteiger partial charge in [-0.3, -0.25) is 43.0 Å². The summed E-state index contributed by atoms with van der Waals surface area (Å²) in [7, 11) is -2.35. The smallest absolute Gasteiger partial charge is 0.333 e. The van der Waals surface area contributed by atoms with Crippen molar-refractivity contribution >= 4 is 57.4 Å². The molecule has 0 bridgehead atoms.